The van der Waals surface area contributed by atoms with E-state index in [0.29, 0.717) is 13.3 Å². The minimum Gasteiger partial charge on any atom is -0.506 e. The lowest BCUT2D eigenvalue weighted by Gasteiger charge is -2.25. The van der Waals surface area contributed by atoms with E-state index in [4.69, 9.17) is 0 Å². The minimum absolute atomic E-state index is 0.236. The van der Waals surface area contributed by atoms with Gasteiger partial charge in [0.05, 0.1) is 16.8 Å². The van der Waals surface area contributed by atoms with Gasteiger partial charge in [-0.05, 0) is 24.3 Å². The fourth-order valence-corrected chi connectivity index (χ4v) is 2.77. The Morgan fingerprint density at radius 2 is 1.73 bits per heavy atom. The summed E-state index contributed by atoms with van der Waals surface area (Å²) in [7, 11) is 0. The van der Waals surface area contributed by atoms with Crippen molar-refractivity contribution in [2.75, 3.05) is 23.1 Å². The van der Waals surface area contributed by atoms with Crippen LogP contribution in [0.2, 0.25) is 0 Å². The normalized spacial score (nSPS) is 16.9. The molecule has 4 rings (SSSR count). The van der Waals surface area contributed by atoms with Crippen LogP contribution in [0.1, 0.15) is 0 Å². The zero-order chi connectivity index (χ0) is 14.9. The number of nitrogens with one attached hydrogen (secondary N) is 1. The Kier molecular flexibility index (Phi) is 2.93. The summed E-state index contributed by atoms with van der Waals surface area (Å²) in [5.41, 5.74) is 2.70. The number of H-pyrrole nitrogens is 1. The average Bonchev–Trinajstić information content (AvgIpc) is 3.00. The maximum atomic E-state index is 10.4. The summed E-state index contributed by atoms with van der Waals surface area (Å²) in [6.45, 7) is 1.05. The van der Waals surface area contributed by atoms with E-state index in [2.05, 4.69) is 15.0 Å². The number of rotatable bonds is 2. The summed E-state index contributed by atoms with van der Waals surface area (Å²) < 4.78 is 0. The largest absolute Gasteiger partial charge is 0.506 e. The zero-order valence-corrected chi connectivity index (χ0v) is 11.8. The maximum Gasteiger partial charge on any atom is 0.140 e. The standard InChI is InChI=1S/C16H15N5O/c22-14-4-3-12-15(16(14)21-8-2-6-18-11-21)13(9-19-12)20-7-1-5-17-10-20/h1-9,19,22H,10-11H2. The summed E-state index contributed by atoms with van der Waals surface area (Å²) in [5.74, 6) is 0.236. The summed E-state index contributed by atoms with van der Waals surface area (Å²) in [4.78, 5) is 15.8. The van der Waals surface area contributed by atoms with Gasteiger partial charge in [0.25, 0.3) is 0 Å². The Balaban J connectivity index is 1.90. The molecule has 1 aromatic carbocycles. The van der Waals surface area contributed by atoms with E-state index in [9.17, 15) is 5.11 Å². The predicted molar refractivity (Wildman–Crippen MR) is 89.9 cm³/mol. The van der Waals surface area contributed by atoms with Gasteiger partial charge in [0.2, 0.25) is 0 Å². The van der Waals surface area contributed by atoms with Crippen molar-refractivity contribution in [3.05, 3.63) is 42.9 Å². The number of phenolic OH excluding ortho intramolecular Hbond substituents is 1. The number of phenols is 1. The molecule has 6 nitrogen and oxygen atoms in total. The molecule has 0 spiro atoms. The van der Waals surface area contributed by atoms with Gasteiger partial charge in [0.1, 0.15) is 19.1 Å². The molecule has 1 aromatic heterocycles. The lowest BCUT2D eigenvalue weighted by Crippen LogP contribution is -2.21. The first-order valence-electron chi connectivity index (χ1n) is 7.04. The molecule has 6 heteroatoms. The van der Waals surface area contributed by atoms with Crippen LogP contribution in [-0.2, 0) is 0 Å². The topological polar surface area (TPSA) is 67.2 Å². The van der Waals surface area contributed by atoms with Crippen LogP contribution >= 0.6 is 0 Å². The second-order valence-corrected chi connectivity index (χ2v) is 5.10. The molecule has 22 heavy (non-hydrogen) atoms. The van der Waals surface area contributed by atoms with Crippen molar-refractivity contribution < 1.29 is 5.11 Å². The van der Waals surface area contributed by atoms with Crippen LogP contribution < -0.4 is 9.80 Å². The molecule has 0 bridgehead atoms. The SMILES string of the molecule is Oc1ccc2[nH]cc(N3C=CC=NC3)c2c1N1C=CC=NC1. The van der Waals surface area contributed by atoms with E-state index in [1.807, 2.05) is 46.6 Å². The smallest absolute Gasteiger partial charge is 0.140 e. The van der Waals surface area contributed by atoms with Crippen molar-refractivity contribution in [2.45, 2.75) is 0 Å². The molecule has 2 aromatic rings. The van der Waals surface area contributed by atoms with E-state index < -0.39 is 0 Å². The number of allylic oxidation sites excluding steroid dienone is 2. The monoisotopic (exact) mass is 293 g/mol. The van der Waals surface area contributed by atoms with Crippen molar-refractivity contribution in [3.63, 3.8) is 0 Å². The quantitative estimate of drug-likeness (QED) is 0.894. The van der Waals surface area contributed by atoms with E-state index in [1.54, 1.807) is 18.5 Å². The minimum atomic E-state index is 0.236. The molecule has 2 aliphatic rings. The first-order chi connectivity index (χ1) is 10.8. The Morgan fingerprint density at radius 3 is 2.41 bits per heavy atom. The van der Waals surface area contributed by atoms with Crippen molar-refractivity contribution in [2.24, 2.45) is 9.98 Å². The number of fused-ring (bicyclic) bond motifs is 1. The second-order valence-electron chi connectivity index (χ2n) is 5.10. The third-order valence-corrected chi connectivity index (χ3v) is 3.76. The van der Waals surface area contributed by atoms with Gasteiger partial charge in [-0.1, -0.05) is 0 Å². The van der Waals surface area contributed by atoms with E-state index in [-0.39, 0.29) is 5.75 Å². The van der Waals surface area contributed by atoms with Gasteiger partial charge in [0, 0.05) is 36.5 Å². The number of aliphatic imine (C=N–C) groups is 2. The summed E-state index contributed by atoms with van der Waals surface area (Å²) in [6.07, 6.45) is 13.1. The van der Waals surface area contributed by atoms with Crippen molar-refractivity contribution in [1.82, 2.24) is 4.98 Å². The van der Waals surface area contributed by atoms with Gasteiger partial charge in [0.15, 0.2) is 0 Å². The number of hydrogen-bond acceptors (Lipinski definition) is 5. The van der Waals surface area contributed by atoms with Crippen molar-refractivity contribution in [3.8, 4) is 5.75 Å². The fourth-order valence-electron chi connectivity index (χ4n) is 2.77. The molecule has 0 atom stereocenters. The molecule has 0 aliphatic carbocycles. The lowest BCUT2D eigenvalue weighted by atomic mass is 10.1. The Labute approximate surface area is 127 Å². The highest BCUT2D eigenvalue weighted by Crippen LogP contribution is 2.41. The van der Waals surface area contributed by atoms with Crippen LogP contribution in [0.4, 0.5) is 11.4 Å². The lowest BCUT2D eigenvalue weighted by molar-refractivity contribution is 0.476. The average molecular weight is 293 g/mol. The molecule has 0 unspecified atom stereocenters. The maximum absolute atomic E-state index is 10.4. The molecule has 0 saturated carbocycles. The van der Waals surface area contributed by atoms with E-state index in [1.165, 1.54) is 0 Å². The van der Waals surface area contributed by atoms with Gasteiger partial charge in [-0.3, -0.25) is 9.98 Å². The van der Waals surface area contributed by atoms with E-state index >= 15 is 0 Å². The second kappa shape index (κ2) is 5.07. The van der Waals surface area contributed by atoms with Crippen LogP contribution in [0.3, 0.4) is 0 Å². The van der Waals surface area contributed by atoms with Crippen molar-refractivity contribution in [1.29, 1.82) is 0 Å². The van der Waals surface area contributed by atoms with Gasteiger partial charge in [-0.2, -0.15) is 0 Å². The van der Waals surface area contributed by atoms with Gasteiger partial charge < -0.3 is 19.9 Å². The van der Waals surface area contributed by atoms with Crippen LogP contribution in [-0.4, -0.2) is 35.9 Å². The van der Waals surface area contributed by atoms with E-state index in [0.717, 1.165) is 22.3 Å². The number of aromatic amines is 1. The highest BCUT2D eigenvalue weighted by atomic mass is 16.3. The molecule has 0 fully saturated rings. The Morgan fingerprint density at radius 1 is 1.00 bits per heavy atom. The molecule has 0 radical (unpaired) electrons. The first-order valence-corrected chi connectivity index (χ1v) is 7.04. The van der Waals surface area contributed by atoms with Gasteiger partial charge in [-0.25, -0.2) is 0 Å². The van der Waals surface area contributed by atoms with Crippen LogP contribution in [0, 0.1) is 0 Å². The molecule has 110 valence electrons. The predicted octanol–water partition coefficient (Wildman–Crippen LogP) is 2.60. The highest BCUT2D eigenvalue weighted by molar-refractivity contribution is 6.06. The summed E-state index contributed by atoms with van der Waals surface area (Å²) in [5, 5.41) is 11.4. The molecular formula is C16H15N5O. The molecule has 3 heterocycles. The van der Waals surface area contributed by atoms with Crippen molar-refractivity contribution >= 4 is 34.7 Å². The Hall–Kier alpha value is -3.02. The molecule has 2 N–H and O–H groups in total. The Bertz CT molecular complexity index is 830. The molecule has 2 aliphatic heterocycles. The number of aromatic hydroxyl groups is 1. The number of aromatic nitrogens is 1. The van der Waals surface area contributed by atoms with Crippen LogP contribution in [0.5, 0.6) is 5.75 Å². The number of nitrogens with zero attached hydrogens (tertiary/aromatic N) is 4. The molecule has 0 saturated heterocycles. The number of anilines is 2. The third kappa shape index (κ3) is 1.96. The van der Waals surface area contributed by atoms with Gasteiger partial charge >= 0.3 is 0 Å². The third-order valence-electron chi connectivity index (χ3n) is 3.76. The highest BCUT2D eigenvalue weighted by Gasteiger charge is 2.20. The molecule has 0 amide bonds. The number of hydrogen-bond donors (Lipinski definition) is 2. The van der Waals surface area contributed by atoms with Gasteiger partial charge in [-0.15, -0.1) is 0 Å². The fraction of sp³-hybridized carbons (Fsp3) is 0.125. The van der Waals surface area contributed by atoms with Crippen LogP contribution in [0.15, 0.2) is 52.9 Å². The summed E-state index contributed by atoms with van der Waals surface area (Å²) >= 11 is 0. The molecular weight excluding hydrogens is 278 g/mol. The first kappa shape index (κ1) is 12.7. The number of benzene rings is 1. The van der Waals surface area contributed by atoms with Crippen LogP contribution in [0.25, 0.3) is 10.9 Å². The summed E-state index contributed by atoms with van der Waals surface area (Å²) in [6, 6.07) is 3.58. The zero-order valence-electron chi connectivity index (χ0n) is 11.8.